The van der Waals surface area contributed by atoms with Crippen molar-refractivity contribution in [3.8, 4) is 5.75 Å². The summed E-state index contributed by atoms with van der Waals surface area (Å²) in [5, 5.41) is 13.6. The van der Waals surface area contributed by atoms with Gasteiger partial charge in [-0.25, -0.2) is 0 Å². The number of ether oxygens (including phenoxy) is 1. The predicted molar refractivity (Wildman–Crippen MR) is 82.2 cm³/mol. The first-order chi connectivity index (χ1) is 11.0. The van der Waals surface area contributed by atoms with E-state index in [2.05, 4.69) is 5.32 Å². The topological polar surface area (TPSA) is 128 Å². The number of carbonyl (C=O) groups excluding carboxylic acids is 2. The highest BCUT2D eigenvalue weighted by Gasteiger charge is 2.29. The van der Waals surface area contributed by atoms with Crippen LogP contribution in [0.5, 0.6) is 5.75 Å². The predicted octanol–water partition coefficient (Wildman–Crippen LogP) is 0.175. The Morgan fingerprint density at radius 3 is 2.91 bits per heavy atom. The molecule has 3 N–H and O–H groups in total. The molecule has 0 aliphatic carbocycles. The van der Waals surface area contributed by atoms with E-state index < -0.39 is 10.8 Å². The second kappa shape index (κ2) is 7.54. The summed E-state index contributed by atoms with van der Waals surface area (Å²) in [6.07, 6.45) is 1.55. The van der Waals surface area contributed by atoms with Crippen LogP contribution < -0.4 is 20.7 Å². The number of unbranched alkanes of at least 4 members (excludes halogenated alkanes) is 1. The summed E-state index contributed by atoms with van der Waals surface area (Å²) in [6, 6.07) is 3.94. The molecule has 1 aliphatic heterocycles. The van der Waals surface area contributed by atoms with Crippen molar-refractivity contribution in [3.63, 3.8) is 0 Å². The maximum absolute atomic E-state index is 12.0. The molecule has 9 nitrogen and oxygen atoms in total. The summed E-state index contributed by atoms with van der Waals surface area (Å²) in [6.45, 7) is 0.607. The van der Waals surface area contributed by atoms with Crippen LogP contribution >= 0.6 is 0 Å². The number of nitrogens with one attached hydrogen (secondary N) is 1. The van der Waals surface area contributed by atoms with Crippen LogP contribution in [0.2, 0.25) is 0 Å². The molecule has 0 aromatic heterocycles. The zero-order valence-electron chi connectivity index (χ0n) is 12.5. The van der Waals surface area contributed by atoms with E-state index in [-0.39, 0.29) is 30.4 Å². The van der Waals surface area contributed by atoms with Gasteiger partial charge in [0.1, 0.15) is 12.3 Å². The Balaban J connectivity index is 2.09. The Hall–Kier alpha value is -2.68. The second-order valence-electron chi connectivity index (χ2n) is 5.02. The first kappa shape index (κ1) is 16.7. The van der Waals surface area contributed by atoms with Gasteiger partial charge < -0.3 is 15.8 Å². The third-order valence-electron chi connectivity index (χ3n) is 3.35. The normalized spacial score (nSPS) is 13.3. The first-order valence-electron chi connectivity index (χ1n) is 7.21. The summed E-state index contributed by atoms with van der Waals surface area (Å²) in [5.74, 6) is -0.420. The van der Waals surface area contributed by atoms with Crippen LogP contribution in [0.25, 0.3) is 0 Å². The average molecular weight is 322 g/mol. The van der Waals surface area contributed by atoms with Crippen LogP contribution in [-0.4, -0.2) is 43.0 Å². The lowest BCUT2D eigenvalue weighted by Crippen LogP contribution is -2.45. The number of hydrogen-bond donors (Lipinski definition) is 2. The molecule has 1 heterocycles. The Morgan fingerprint density at radius 2 is 2.22 bits per heavy atom. The number of nitrogens with zero attached hydrogens (tertiary/aromatic N) is 2. The smallest absolute Gasteiger partial charge is 0.271 e. The van der Waals surface area contributed by atoms with Crippen molar-refractivity contribution < 1.29 is 19.2 Å². The minimum atomic E-state index is -0.565. The van der Waals surface area contributed by atoms with Gasteiger partial charge in [-0.3, -0.25) is 24.6 Å². The Morgan fingerprint density at radius 1 is 1.43 bits per heavy atom. The van der Waals surface area contributed by atoms with Crippen molar-refractivity contribution in [1.82, 2.24) is 5.32 Å². The molecule has 0 bridgehead atoms. The standard InChI is InChI=1S/C14H18N4O5/c15-5-1-2-6-16-13(19)8-17-11-7-10(18(21)22)3-4-12(11)23-9-14(17)20/h3-4,7H,1-2,5-6,8-9,15H2,(H,16,19). The molecular formula is C14H18N4O5. The fourth-order valence-corrected chi connectivity index (χ4v) is 2.17. The van der Waals surface area contributed by atoms with Crippen molar-refractivity contribution in [2.24, 2.45) is 5.73 Å². The van der Waals surface area contributed by atoms with Crippen LogP contribution in [-0.2, 0) is 9.59 Å². The molecule has 9 heteroatoms. The number of rotatable bonds is 7. The van der Waals surface area contributed by atoms with Gasteiger partial charge in [0.25, 0.3) is 11.6 Å². The third-order valence-corrected chi connectivity index (χ3v) is 3.35. The van der Waals surface area contributed by atoms with Crippen LogP contribution in [0.4, 0.5) is 11.4 Å². The number of nitro groups is 1. The molecule has 2 rings (SSSR count). The molecule has 0 saturated heterocycles. The van der Waals surface area contributed by atoms with Crippen molar-refractivity contribution in [1.29, 1.82) is 0 Å². The quantitative estimate of drug-likeness (QED) is 0.418. The second-order valence-corrected chi connectivity index (χ2v) is 5.02. The van der Waals surface area contributed by atoms with Gasteiger partial charge in [-0.05, 0) is 25.5 Å². The largest absolute Gasteiger partial charge is 0.482 e. The summed E-state index contributed by atoms with van der Waals surface area (Å²) >= 11 is 0. The summed E-state index contributed by atoms with van der Waals surface area (Å²) in [4.78, 5) is 35.4. The summed E-state index contributed by atoms with van der Waals surface area (Å²) < 4.78 is 5.24. The SMILES string of the molecule is NCCCCNC(=O)CN1C(=O)COc2ccc([N+](=O)[O-])cc21. The lowest BCUT2D eigenvalue weighted by Gasteiger charge is -2.28. The van der Waals surface area contributed by atoms with Gasteiger partial charge in [0.15, 0.2) is 6.61 Å². The van der Waals surface area contributed by atoms with E-state index in [0.29, 0.717) is 18.8 Å². The van der Waals surface area contributed by atoms with E-state index in [1.54, 1.807) is 0 Å². The van der Waals surface area contributed by atoms with Gasteiger partial charge in [0.05, 0.1) is 10.6 Å². The number of hydrogen-bond acceptors (Lipinski definition) is 6. The van der Waals surface area contributed by atoms with Gasteiger partial charge >= 0.3 is 0 Å². The van der Waals surface area contributed by atoms with Gasteiger partial charge in [-0.1, -0.05) is 0 Å². The molecule has 2 amide bonds. The van der Waals surface area contributed by atoms with Crippen LogP contribution in [0.1, 0.15) is 12.8 Å². The zero-order valence-corrected chi connectivity index (χ0v) is 12.5. The highest BCUT2D eigenvalue weighted by Crippen LogP contribution is 2.34. The minimum Gasteiger partial charge on any atom is -0.482 e. The zero-order chi connectivity index (χ0) is 16.8. The number of nitrogens with two attached hydrogens (primary N) is 1. The summed E-state index contributed by atoms with van der Waals surface area (Å²) in [5.41, 5.74) is 5.43. The number of nitro benzene ring substituents is 1. The molecule has 0 radical (unpaired) electrons. The highest BCUT2D eigenvalue weighted by molar-refractivity contribution is 6.02. The van der Waals surface area contributed by atoms with E-state index in [0.717, 1.165) is 12.8 Å². The monoisotopic (exact) mass is 322 g/mol. The lowest BCUT2D eigenvalue weighted by molar-refractivity contribution is -0.384. The van der Waals surface area contributed by atoms with Crippen LogP contribution in [0.3, 0.4) is 0 Å². The van der Waals surface area contributed by atoms with E-state index in [4.69, 9.17) is 10.5 Å². The van der Waals surface area contributed by atoms with Crippen molar-refractivity contribution in [2.75, 3.05) is 31.1 Å². The highest BCUT2D eigenvalue weighted by atomic mass is 16.6. The van der Waals surface area contributed by atoms with E-state index in [9.17, 15) is 19.7 Å². The maximum atomic E-state index is 12.0. The van der Waals surface area contributed by atoms with E-state index >= 15 is 0 Å². The molecule has 0 saturated carbocycles. The molecular weight excluding hydrogens is 304 g/mol. The van der Waals surface area contributed by atoms with Crippen LogP contribution in [0, 0.1) is 10.1 Å². The first-order valence-corrected chi connectivity index (χ1v) is 7.21. The number of anilines is 1. The average Bonchev–Trinajstić information content (AvgIpc) is 2.53. The fourth-order valence-electron chi connectivity index (χ4n) is 2.17. The molecule has 0 spiro atoms. The Kier molecular flexibility index (Phi) is 5.47. The molecule has 23 heavy (non-hydrogen) atoms. The van der Waals surface area contributed by atoms with Gasteiger partial charge in [0.2, 0.25) is 5.91 Å². The van der Waals surface area contributed by atoms with Crippen molar-refractivity contribution in [3.05, 3.63) is 28.3 Å². The van der Waals surface area contributed by atoms with Gasteiger partial charge in [0, 0.05) is 18.7 Å². The molecule has 1 aliphatic rings. The number of amides is 2. The van der Waals surface area contributed by atoms with Gasteiger partial charge in [-0.15, -0.1) is 0 Å². The molecule has 1 aromatic rings. The molecule has 0 atom stereocenters. The Bertz CT molecular complexity index is 619. The summed E-state index contributed by atoms with van der Waals surface area (Å²) in [7, 11) is 0. The molecule has 0 unspecified atom stereocenters. The van der Waals surface area contributed by atoms with Crippen molar-refractivity contribution >= 4 is 23.2 Å². The minimum absolute atomic E-state index is 0.171. The molecule has 1 aromatic carbocycles. The number of non-ortho nitro benzene ring substituents is 1. The van der Waals surface area contributed by atoms with E-state index in [1.165, 1.54) is 23.1 Å². The number of fused-ring (bicyclic) bond motifs is 1. The lowest BCUT2D eigenvalue weighted by atomic mass is 10.2. The Labute approximate surface area is 132 Å². The third kappa shape index (κ3) is 4.16. The number of carbonyl (C=O) groups is 2. The maximum Gasteiger partial charge on any atom is 0.271 e. The molecule has 124 valence electrons. The van der Waals surface area contributed by atoms with E-state index in [1.807, 2.05) is 0 Å². The van der Waals surface area contributed by atoms with Crippen molar-refractivity contribution in [2.45, 2.75) is 12.8 Å². The fraction of sp³-hybridized carbons (Fsp3) is 0.429. The van der Waals surface area contributed by atoms with Crippen LogP contribution in [0.15, 0.2) is 18.2 Å². The molecule has 0 fully saturated rings. The number of benzene rings is 1. The van der Waals surface area contributed by atoms with Gasteiger partial charge in [-0.2, -0.15) is 0 Å².